The van der Waals surface area contributed by atoms with E-state index in [1.54, 1.807) is 17.0 Å². The van der Waals surface area contributed by atoms with E-state index in [0.717, 1.165) is 17.8 Å². The zero-order valence-corrected chi connectivity index (χ0v) is 12.1. The number of carbonyl (C=O) groups is 1. The lowest BCUT2D eigenvalue weighted by molar-refractivity contribution is 0.0987. The first-order valence-electron chi connectivity index (χ1n) is 6.55. The summed E-state index contributed by atoms with van der Waals surface area (Å²) in [4.78, 5) is 16.3. The normalized spacial score (nSPS) is 14.0. The van der Waals surface area contributed by atoms with E-state index in [0.29, 0.717) is 12.0 Å². The van der Waals surface area contributed by atoms with Gasteiger partial charge in [0.25, 0.3) is 0 Å². The molecule has 19 heavy (non-hydrogen) atoms. The zero-order valence-electron chi connectivity index (χ0n) is 12.1. The molecule has 0 aliphatic carbocycles. The summed E-state index contributed by atoms with van der Waals surface area (Å²) in [5, 5.41) is 4.40. The average Bonchev–Trinajstić information content (AvgIpc) is 2.77. The maximum Gasteiger partial charge on any atom is 0.166 e. The highest BCUT2D eigenvalue weighted by Gasteiger charge is 2.15. The Morgan fingerprint density at radius 1 is 1.58 bits per heavy atom. The van der Waals surface area contributed by atoms with Crippen molar-refractivity contribution in [3.8, 4) is 0 Å². The van der Waals surface area contributed by atoms with Gasteiger partial charge in [-0.1, -0.05) is 13.8 Å². The second kappa shape index (κ2) is 6.87. The van der Waals surface area contributed by atoms with E-state index >= 15 is 0 Å². The Hall–Kier alpha value is -1.91. The van der Waals surface area contributed by atoms with E-state index in [4.69, 9.17) is 5.73 Å². The van der Waals surface area contributed by atoms with Gasteiger partial charge in [-0.15, -0.1) is 0 Å². The zero-order chi connectivity index (χ0) is 14.4. The number of hydrogen-bond acceptors (Lipinski definition) is 4. The van der Waals surface area contributed by atoms with Crippen LogP contribution < -0.4 is 5.73 Å². The van der Waals surface area contributed by atoms with Crippen LogP contribution in [0.4, 0.5) is 0 Å². The monoisotopic (exact) mass is 262 g/mol. The van der Waals surface area contributed by atoms with Gasteiger partial charge in [0.1, 0.15) is 6.17 Å². The molecular weight excluding hydrogens is 240 g/mol. The lowest BCUT2D eigenvalue weighted by Crippen LogP contribution is -2.08. The Balaban J connectivity index is 3.07. The number of carbonyl (C=O) groups excluding carboxylic acids is 1. The van der Waals surface area contributed by atoms with E-state index in [2.05, 4.69) is 10.1 Å². The van der Waals surface area contributed by atoms with Crippen LogP contribution in [-0.2, 0) is 0 Å². The van der Waals surface area contributed by atoms with Crippen LogP contribution in [0.2, 0.25) is 0 Å². The van der Waals surface area contributed by atoms with Crippen LogP contribution in [0.3, 0.4) is 0 Å². The molecule has 1 rings (SSSR count). The smallest absolute Gasteiger partial charge is 0.166 e. The lowest BCUT2D eigenvalue weighted by atomic mass is 10.1. The van der Waals surface area contributed by atoms with Crippen molar-refractivity contribution in [2.75, 3.05) is 0 Å². The molecule has 0 aliphatic heterocycles. The van der Waals surface area contributed by atoms with E-state index in [-0.39, 0.29) is 11.9 Å². The predicted molar refractivity (Wildman–Crippen MR) is 77.3 cm³/mol. The summed E-state index contributed by atoms with van der Waals surface area (Å²) in [6, 6.07) is 0. The maximum atomic E-state index is 11.8. The van der Waals surface area contributed by atoms with Gasteiger partial charge in [0, 0.05) is 18.3 Å². The molecule has 0 saturated heterocycles. The van der Waals surface area contributed by atoms with E-state index in [9.17, 15) is 4.79 Å². The number of rotatable bonds is 6. The van der Waals surface area contributed by atoms with Gasteiger partial charge in [0.15, 0.2) is 5.78 Å². The van der Waals surface area contributed by atoms with Crippen molar-refractivity contribution < 1.29 is 4.79 Å². The molecule has 1 aromatic rings. The van der Waals surface area contributed by atoms with Crippen LogP contribution in [0.15, 0.2) is 23.5 Å². The van der Waals surface area contributed by atoms with Crippen LogP contribution in [0.1, 0.15) is 55.8 Å². The third-order valence-corrected chi connectivity index (χ3v) is 2.90. The van der Waals surface area contributed by atoms with Gasteiger partial charge in [0.2, 0.25) is 0 Å². The summed E-state index contributed by atoms with van der Waals surface area (Å²) in [5.74, 6) is 0.112. The molecule has 0 aromatic carbocycles. The minimum Gasteiger partial charge on any atom is -0.405 e. The molecule has 2 N–H and O–H groups in total. The quantitative estimate of drug-likeness (QED) is 0.632. The van der Waals surface area contributed by atoms with Crippen molar-refractivity contribution in [3.05, 3.63) is 29.7 Å². The fourth-order valence-corrected chi connectivity index (χ4v) is 1.85. The Morgan fingerprint density at radius 2 is 2.26 bits per heavy atom. The third-order valence-electron chi connectivity index (χ3n) is 2.90. The number of nitrogens with zero attached hydrogens (tertiary/aromatic N) is 3. The molecule has 0 radical (unpaired) electrons. The fraction of sp³-hybridized carbons (Fsp3) is 0.500. The Bertz CT molecular complexity index is 500. The van der Waals surface area contributed by atoms with Crippen molar-refractivity contribution >= 4 is 11.5 Å². The van der Waals surface area contributed by atoms with Crippen LogP contribution in [0.25, 0.3) is 0 Å². The molecular formula is C14H22N4O. The van der Waals surface area contributed by atoms with Gasteiger partial charge in [-0.25, -0.2) is 4.68 Å². The third kappa shape index (κ3) is 3.77. The lowest BCUT2D eigenvalue weighted by Gasteiger charge is -2.11. The van der Waals surface area contributed by atoms with Gasteiger partial charge < -0.3 is 5.73 Å². The number of aryl methyl sites for hydroxylation is 1. The van der Waals surface area contributed by atoms with Gasteiger partial charge in [-0.3, -0.25) is 9.79 Å². The highest BCUT2D eigenvalue weighted by molar-refractivity contribution is 5.96. The van der Waals surface area contributed by atoms with Gasteiger partial charge >= 0.3 is 0 Å². The van der Waals surface area contributed by atoms with E-state index in [1.807, 2.05) is 27.7 Å². The summed E-state index contributed by atoms with van der Waals surface area (Å²) >= 11 is 0. The average molecular weight is 262 g/mol. The SMILES string of the molecule is CCC(=O)c1cn(C(CC)/N=C(C)\C=C/N)nc1C. The molecule has 0 spiro atoms. The summed E-state index contributed by atoms with van der Waals surface area (Å²) in [6.07, 6.45) is 6.19. The highest BCUT2D eigenvalue weighted by Crippen LogP contribution is 2.17. The largest absolute Gasteiger partial charge is 0.405 e. The van der Waals surface area contributed by atoms with Crippen LogP contribution in [-0.4, -0.2) is 21.3 Å². The first-order chi connectivity index (χ1) is 9.03. The fourth-order valence-electron chi connectivity index (χ4n) is 1.85. The molecule has 5 heteroatoms. The van der Waals surface area contributed by atoms with E-state index in [1.165, 1.54) is 6.20 Å². The second-order valence-corrected chi connectivity index (χ2v) is 4.40. The molecule has 5 nitrogen and oxygen atoms in total. The van der Waals surface area contributed by atoms with Crippen molar-refractivity contribution in [2.45, 2.75) is 46.7 Å². The Labute approximate surface area is 114 Å². The number of hydrogen-bond donors (Lipinski definition) is 1. The van der Waals surface area contributed by atoms with Crippen molar-refractivity contribution in [2.24, 2.45) is 10.7 Å². The summed E-state index contributed by atoms with van der Waals surface area (Å²) in [6.45, 7) is 7.62. The Morgan fingerprint density at radius 3 is 2.79 bits per heavy atom. The van der Waals surface area contributed by atoms with Gasteiger partial charge in [-0.05, 0) is 32.5 Å². The number of allylic oxidation sites excluding steroid dienone is 1. The first-order valence-corrected chi connectivity index (χ1v) is 6.55. The molecule has 0 aliphatic rings. The Kier molecular flexibility index (Phi) is 5.48. The minimum atomic E-state index is -0.103. The number of aromatic nitrogens is 2. The predicted octanol–water partition coefficient (Wildman–Crippen LogP) is 2.63. The molecule has 1 aromatic heterocycles. The summed E-state index contributed by atoms with van der Waals surface area (Å²) < 4.78 is 1.76. The van der Waals surface area contributed by atoms with Crippen LogP contribution in [0, 0.1) is 6.92 Å². The molecule has 1 heterocycles. The maximum absolute atomic E-state index is 11.8. The summed E-state index contributed by atoms with van der Waals surface area (Å²) in [5.41, 5.74) is 7.62. The van der Waals surface area contributed by atoms with Crippen LogP contribution in [0.5, 0.6) is 0 Å². The molecule has 1 atom stereocenters. The van der Waals surface area contributed by atoms with Crippen molar-refractivity contribution in [3.63, 3.8) is 0 Å². The molecule has 0 fully saturated rings. The van der Waals surface area contributed by atoms with E-state index < -0.39 is 0 Å². The first kappa shape index (κ1) is 15.1. The standard InChI is InChI=1S/C14H22N4O/c1-5-13(19)12-9-18(17-11(12)4)14(6-2)16-10(3)7-8-15/h7-9,14H,5-6,15H2,1-4H3/b8-7-,16-10-. The topological polar surface area (TPSA) is 73.3 Å². The van der Waals surface area contributed by atoms with Gasteiger partial charge in [-0.2, -0.15) is 5.10 Å². The molecule has 1 unspecified atom stereocenters. The molecule has 104 valence electrons. The van der Waals surface area contributed by atoms with Crippen molar-refractivity contribution in [1.29, 1.82) is 0 Å². The number of aliphatic imine (C=N–C) groups is 1. The summed E-state index contributed by atoms with van der Waals surface area (Å²) in [7, 11) is 0. The molecule has 0 bridgehead atoms. The minimum absolute atomic E-state index is 0.103. The van der Waals surface area contributed by atoms with Crippen LogP contribution >= 0.6 is 0 Å². The highest BCUT2D eigenvalue weighted by atomic mass is 16.1. The number of Topliss-reactive ketones (excluding diaryl/α,β-unsaturated/α-hetero) is 1. The van der Waals surface area contributed by atoms with Crippen molar-refractivity contribution in [1.82, 2.24) is 9.78 Å². The molecule has 0 saturated carbocycles. The second-order valence-electron chi connectivity index (χ2n) is 4.40. The molecule has 0 amide bonds. The number of ketones is 1. The van der Waals surface area contributed by atoms with Gasteiger partial charge in [0.05, 0.1) is 11.3 Å². The number of nitrogens with two attached hydrogens (primary N) is 1.